The number of hydrogen-bond donors (Lipinski definition) is 1. The van der Waals surface area contributed by atoms with Crippen molar-refractivity contribution in [2.45, 2.75) is 37.3 Å². The van der Waals surface area contributed by atoms with E-state index in [0.29, 0.717) is 6.04 Å². The van der Waals surface area contributed by atoms with Crippen molar-refractivity contribution in [3.8, 4) is 0 Å². The second kappa shape index (κ2) is 4.55. The first-order chi connectivity index (χ1) is 9.67. The van der Waals surface area contributed by atoms with E-state index >= 15 is 0 Å². The first-order valence-electron chi connectivity index (χ1n) is 7.22. The molecule has 5 heteroatoms. The molecule has 106 valence electrons. The molecule has 20 heavy (non-hydrogen) atoms. The summed E-state index contributed by atoms with van der Waals surface area (Å²) >= 11 is 3.53. The SMILES string of the molecule is NC1(c2nc3cc(Br)ccc3n2C2CC2)CCOCC1. The molecule has 1 aliphatic carbocycles. The molecule has 2 fully saturated rings. The van der Waals surface area contributed by atoms with E-state index in [4.69, 9.17) is 15.5 Å². The number of hydrogen-bond acceptors (Lipinski definition) is 3. The maximum absolute atomic E-state index is 6.67. The summed E-state index contributed by atoms with van der Waals surface area (Å²) in [5.74, 6) is 1.05. The lowest BCUT2D eigenvalue weighted by Crippen LogP contribution is -2.44. The zero-order valence-electron chi connectivity index (χ0n) is 11.3. The average Bonchev–Trinajstić information content (AvgIpc) is 3.20. The summed E-state index contributed by atoms with van der Waals surface area (Å²) in [6.45, 7) is 1.46. The summed E-state index contributed by atoms with van der Waals surface area (Å²) in [5, 5.41) is 0. The number of nitrogens with two attached hydrogens (primary N) is 1. The van der Waals surface area contributed by atoms with Crippen LogP contribution in [0.2, 0.25) is 0 Å². The van der Waals surface area contributed by atoms with Crippen LogP contribution in [0.1, 0.15) is 37.5 Å². The van der Waals surface area contributed by atoms with Crippen LogP contribution in [0.4, 0.5) is 0 Å². The smallest absolute Gasteiger partial charge is 0.130 e. The Labute approximate surface area is 126 Å². The quantitative estimate of drug-likeness (QED) is 0.917. The molecule has 1 saturated carbocycles. The number of nitrogens with zero attached hydrogens (tertiary/aromatic N) is 2. The molecule has 0 amide bonds. The van der Waals surface area contributed by atoms with E-state index in [9.17, 15) is 0 Å². The maximum Gasteiger partial charge on any atom is 0.130 e. The minimum atomic E-state index is -0.341. The number of aromatic nitrogens is 2. The van der Waals surface area contributed by atoms with Gasteiger partial charge in [0.1, 0.15) is 5.82 Å². The molecule has 0 bridgehead atoms. The van der Waals surface area contributed by atoms with Crippen LogP contribution in [-0.2, 0) is 10.3 Å². The fourth-order valence-corrected chi connectivity index (χ4v) is 3.43. The number of benzene rings is 1. The van der Waals surface area contributed by atoms with E-state index < -0.39 is 0 Å². The van der Waals surface area contributed by atoms with Crippen molar-refractivity contribution in [1.29, 1.82) is 0 Å². The fraction of sp³-hybridized carbons (Fsp3) is 0.533. The lowest BCUT2D eigenvalue weighted by Gasteiger charge is -2.33. The van der Waals surface area contributed by atoms with Crippen LogP contribution in [0.3, 0.4) is 0 Å². The second-order valence-electron chi connectivity index (χ2n) is 5.94. The van der Waals surface area contributed by atoms with E-state index in [1.54, 1.807) is 0 Å². The van der Waals surface area contributed by atoms with Crippen LogP contribution in [0.5, 0.6) is 0 Å². The Morgan fingerprint density at radius 3 is 2.75 bits per heavy atom. The Balaban J connectivity index is 1.91. The molecule has 1 aromatic heterocycles. The van der Waals surface area contributed by atoms with Crippen molar-refractivity contribution in [2.75, 3.05) is 13.2 Å². The zero-order chi connectivity index (χ0) is 13.7. The van der Waals surface area contributed by atoms with Gasteiger partial charge in [0.2, 0.25) is 0 Å². The molecule has 2 heterocycles. The number of rotatable bonds is 2. The Morgan fingerprint density at radius 1 is 1.30 bits per heavy atom. The van der Waals surface area contributed by atoms with Gasteiger partial charge in [-0.25, -0.2) is 4.98 Å². The highest BCUT2D eigenvalue weighted by Crippen LogP contribution is 2.42. The molecule has 0 radical (unpaired) electrons. The van der Waals surface area contributed by atoms with Crippen LogP contribution in [0, 0.1) is 0 Å². The topological polar surface area (TPSA) is 53.1 Å². The van der Waals surface area contributed by atoms with Gasteiger partial charge in [0.25, 0.3) is 0 Å². The summed E-state index contributed by atoms with van der Waals surface area (Å²) < 4.78 is 8.92. The summed E-state index contributed by atoms with van der Waals surface area (Å²) in [4.78, 5) is 4.88. The third kappa shape index (κ3) is 2.00. The predicted octanol–water partition coefficient (Wildman–Crippen LogP) is 3.10. The minimum absolute atomic E-state index is 0.341. The molecule has 4 rings (SSSR count). The average molecular weight is 336 g/mol. The van der Waals surface area contributed by atoms with Crippen LogP contribution in [0.25, 0.3) is 11.0 Å². The molecule has 2 aromatic rings. The van der Waals surface area contributed by atoms with Crippen LogP contribution in [-0.4, -0.2) is 22.8 Å². The Hall–Kier alpha value is -0.910. The summed E-state index contributed by atoms with van der Waals surface area (Å²) in [5.41, 5.74) is 8.58. The van der Waals surface area contributed by atoms with Crippen LogP contribution in [0.15, 0.2) is 22.7 Å². The number of imidazole rings is 1. The van der Waals surface area contributed by atoms with Gasteiger partial charge in [-0.3, -0.25) is 0 Å². The number of ether oxygens (including phenoxy) is 1. The molecule has 4 nitrogen and oxygen atoms in total. The largest absolute Gasteiger partial charge is 0.381 e. The third-order valence-electron chi connectivity index (χ3n) is 4.39. The van der Waals surface area contributed by atoms with E-state index in [0.717, 1.165) is 41.9 Å². The van der Waals surface area contributed by atoms with Crippen LogP contribution < -0.4 is 5.73 Å². The summed E-state index contributed by atoms with van der Waals surface area (Å²) in [7, 11) is 0. The van der Waals surface area contributed by atoms with Gasteiger partial charge >= 0.3 is 0 Å². The van der Waals surface area contributed by atoms with Crippen molar-refractivity contribution in [3.05, 3.63) is 28.5 Å². The van der Waals surface area contributed by atoms with Gasteiger partial charge in [-0.1, -0.05) is 15.9 Å². The molecule has 0 atom stereocenters. The maximum atomic E-state index is 6.67. The van der Waals surface area contributed by atoms with Gasteiger partial charge in [-0.15, -0.1) is 0 Å². The normalized spacial score (nSPS) is 22.3. The van der Waals surface area contributed by atoms with Crippen molar-refractivity contribution in [2.24, 2.45) is 5.73 Å². The van der Waals surface area contributed by atoms with Gasteiger partial charge < -0.3 is 15.0 Å². The van der Waals surface area contributed by atoms with Gasteiger partial charge in [-0.05, 0) is 43.9 Å². The van der Waals surface area contributed by atoms with E-state index in [-0.39, 0.29) is 5.54 Å². The Kier molecular flexibility index (Phi) is 2.91. The van der Waals surface area contributed by atoms with E-state index in [2.05, 4.69) is 38.7 Å². The van der Waals surface area contributed by atoms with Gasteiger partial charge in [-0.2, -0.15) is 0 Å². The summed E-state index contributed by atoms with van der Waals surface area (Å²) in [6, 6.07) is 6.90. The van der Waals surface area contributed by atoms with Gasteiger partial charge in [0.05, 0.1) is 16.6 Å². The van der Waals surface area contributed by atoms with Crippen molar-refractivity contribution >= 4 is 27.0 Å². The first-order valence-corrected chi connectivity index (χ1v) is 8.01. The van der Waals surface area contributed by atoms with Crippen molar-refractivity contribution in [3.63, 3.8) is 0 Å². The highest BCUT2D eigenvalue weighted by molar-refractivity contribution is 9.10. The molecule has 0 unspecified atom stereocenters. The third-order valence-corrected chi connectivity index (χ3v) is 4.89. The molecule has 1 saturated heterocycles. The lowest BCUT2D eigenvalue weighted by atomic mass is 9.90. The molecule has 1 aromatic carbocycles. The molecular formula is C15H18BrN3O. The lowest BCUT2D eigenvalue weighted by molar-refractivity contribution is 0.0480. The highest BCUT2D eigenvalue weighted by atomic mass is 79.9. The monoisotopic (exact) mass is 335 g/mol. The zero-order valence-corrected chi connectivity index (χ0v) is 12.9. The van der Waals surface area contributed by atoms with E-state index in [1.165, 1.54) is 18.4 Å². The number of halogens is 1. The molecule has 2 N–H and O–H groups in total. The molecule has 2 aliphatic rings. The Morgan fingerprint density at radius 2 is 2.05 bits per heavy atom. The van der Waals surface area contributed by atoms with Crippen molar-refractivity contribution < 1.29 is 4.74 Å². The molecule has 0 spiro atoms. The van der Waals surface area contributed by atoms with Gasteiger partial charge in [0.15, 0.2) is 0 Å². The first kappa shape index (κ1) is 12.8. The van der Waals surface area contributed by atoms with Gasteiger partial charge in [0, 0.05) is 23.7 Å². The van der Waals surface area contributed by atoms with Crippen molar-refractivity contribution in [1.82, 2.24) is 9.55 Å². The Bertz CT molecular complexity index is 656. The second-order valence-corrected chi connectivity index (χ2v) is 6.85. The predicted molar refractivity (Wildman–Crippen MR) is 81.6 cm³/mol. The number of fused-ring (bicyclic) bond motifs is 1. The minimum Gasteiger partial charge on any atom is -0.381 e. The fourth-order valence-electron chi connectivity index (χ4n) is 3.08. The standard InChI is InChI=1S/C15H18BrN3O/c16-10-1-4-13-12(9-10)18-14(19(13)11-2-3-11)15(17)5-7-20-8-6-15/h1,4,9,11H,2-3,5-8,17H2. The molecular weight excluding hydrogens is 318 g/mol. The summed E-state index contributed by atoms with van der Waals surface area (Å²) in [6.07, 6.45) is 4.18. The van der Waals surface area contributed by atoms with Crippen LogP contribution >= 0.6 is 15.9 Å². The molecule has 1 aliphatic heterocycles. The highest BCUT2D eigenvalue weighted by Gasteiger charge is 2.39. The van der Waals surface area contributed by atoms with E-state index in [1.807, 2.05) is 0 Å².